The van der Waals surface area contributed by atoms with Crippen molar-refractivity contribution in [3.05, 3.63) is 35.2 Å². The van der Waals surface area contributed by atoms with Gasteiger partial charge in [-0.05, 0) is 30.2 Å². The molecule has 1 aromatic carbocycles. The second kappa shape index (κ2) is 5.70. The molecule has 0 saturated carbocycles. The highest BCUT2D eigenvalue weighted by Gasteiger charge is 2.01. The summed E-state index contributed by atoms with van der Waals surface area (Å²) in [5.41, 5.74) is 7.30. The zero-order chi connectivity index (χ0) is 12.1. The average Bonchev–Trinajstić information content (AvgIpc) is 2.19. The minimum Gasteiger partial charge on any atom is -0.396 e. The number of aryl methyl sites for hydroxylation is 1. The second-order valence-corrected chi connectivity index (χ2v) is 4.63. The number of carbonyl (C=O) groups excluding carboxylic acids is 1. The molecule has 86 valence electrons. The zero-order valence-electron chi connectivity index (χ0n) is 9.29. The van der Waals surface area contributed by atoms with Gasteiger partial charge in [-0.15, -0.1) is 0 Å². The number of halogens is 1. The van der Waals surface area contributed by atoms with Crippen molar-refractivity contribution in [3.8, 4) is 0 Å². The molecule has 2 N–H and O–H groups in total. The Kier molecular flexibility index (Phi) is 4.55. The van der Waals surface area contributed by atoms with Gasteiger partial charge in [-0.3, -0.25) is 4.79 Å². The summed E-state index contributed by atoms with van der Waals surface area (Å²) in [6, 6.07) is 3.01. The molecule has 2 nitrogen and oxygen atoms in total. The first-order valence-corrected chi connectivity index (χ1v) is 5.85. The minimum absolute atomic E-state index is 0.0739. The molecule has 0 heterocycles. The number of benzene rings is 1. The molecule has 0 aromatic heterocycles. The maximum atomic E-state index is 13.2. The van der Waals surface area contributed by atoms with Gasteiger partial charge in [0.25, 0.3) is 0 Å². The van der Waals surface area contributed by atoms with Crippen LogP contribution in [0.25, 0.3) is 6.08 Å². The SMILES string of the molecule is CC(=O)SCC=Cc1cc(F)c(N)cc1C. The molecule has 16 heavy (non-hydrogen) atoms. The maximum Gasteiger partial charge on any atom is 0.186 e. The van der Waals surface area contributed by atoms with Crippen molar-refractivity contribution in [2.75, 3.05) is 11.5 Å². The lowest BCUT2D eigenvalue weighted by atomic mass is 10.1. The van der Waals surface area contributed by atoms with Gasteiger partial charge in [0.2, 0.25) is 0 Å². The number of anilines is 1. The number of rotatable bonds is 3. The number of nitrogen functional groups attached to an aromatic ring is 1. The summed E-state index contributed by atoms with van der Waals surface area (Å²) in [4.78, 5) is 10.7. The molecule has 1 rings (SSSR count). The minimum atomic E-state index is -0.413. The molecule has 0 aliphatic rings. The molecule has 0 spiro atoms. The fraction of sp³-hybridized carbons (Fsp3) is 0.250. The molecular formula is C12H14FNOS. The van der Waals surface area contributed by atoms with Crippen molar-refractivity contribution in [3.63, 3.8) is 0 Å². The predicted octanol–water partition coefficient (Wildman–Crippen LogP) is 3.01. The third-order valence-electron chi connectivity index (χ3n) is 2.07. The highest BCUT2D eigenvalue weighted by molar-refractivity contribution is 8.13. The van der Waals surface area contributed by atoms with Crippen LogP contribution >= 0.6 is 11.8 Å². The molecule has 0 bridgehead atoms. The summed E-state index contributed by atoms with van der Waals surface area (Å²) in [7, 11) is 0. The normalized spacial score (nSPS) is 10.9. The van der Waals surface area contributed by atoms with E-state index in [1.165, 1.54) is 24.8 Å². The number of nitrogens with two attached hydrogens (primary N) is 1. The lowest BCUT2D eigenvalue weighted by molar-refractivity contribution is -0.109. The third-order valence-corrected chi connectivity index (χ3v) is 2.83. The van der Waals surface area contributed by atoms with E-state index < -0.39 is 5.82 Å². The van der Waals surface area contributed by atoms with E-state index >= 15 is 0 Å². The molecule has 0 aliphatic heterocycles. The predicted molar refractivity (Wildman–Crippen MR) is 67.7 cm³/mol. The summed E-state index contributed by atoms with van der Waals surface area (Å²) in [5.74, 6) is 0.185. The van der Waals surface area contributed by atoms with E-state index in [0.717, 1.165) is 11.1 Å². The van der Waals surface area contributed by atoms with Gasteiger partial charge >= 0.3 is 0 Å². The lowest BCUT2D eigenvalue weighted by Gasteiger charge is -2.03. The van der Waals surface area contributed by atoms with Crippen LogP contribution in [0.5, 0.6) is 0 Å². The Morgan fingerprint density at radius 2 is 2.25 bits per heavy atom. The van der Waals surface area contributed by atoms with Gasteiger partial charge < -0.3 is 5.73 Å². The van der Waals surface area contributed by atoms with E-state index in [2.05, 4.69) is 0 Å². The van der Waals surface area contributed by atoms with E-state index in [0.29, 0.717) is 5.75 Å². The molecule has 0 radical (unpaired) electrons. The quantitative estimate of drug-likeness (QED) is 0.824. The molecule has 1 aromatic rings. The number of hydrogen-bond donors (Lipinski definition) is 1. The van der Waals surface area contributed by atoms with Crippen LogP contribution < -0.4 is 5.73 Å². The van der Waals surface area contributed by atoms with Crippen LogP contribution in [-0.4, -0.2) is 10.9 Å². The van der Waals surface area contributed by atoms with Crippen LogP contribution in [0, 0.1) is 12.7 Å². The summed E-state index contributed by atoms with van der Waals surface area (Å²) < 4.78 is 13.2. The van der Waals surface area contributed by atoms with Crippen molar-refractivity contribution in [2.45, 2.75) is 13.8 Å². The van der Waals surface area contributed by atoms with Gasteiger partial charge in [0.05, 0.1) is 5.69 Å². The van der Waals surface area contributed by atoms with Crippen molar-refractivity contribution in [1.29, 1.82) is 0 Å². The van der Waals surface area contributed by atoms with E-state index in [1.807, 2.05) is 13.0 Å². The van der Waals surface area contributed by atoms with Crippen molar-refractivity contribution >= 4 is 28.6 Å². The third kappa shape index (κ3) is 3.70. The van der Waals surface area contributed by atoms with Crippen LogP contribution in [0.3, 0.4) is 0 Å². The Hall–Kier alpha value is -1.29. The largest absolute Gasteiger partial charge is 0.396 e. The van der Waals surface area contributed by atoms with Gasteiger partial charge in [-0.2, -0.15) is 0 Å². The van der Waals surface area contributed by atoms with Crippen molar-refractivity contribution in [1.82, 2.24) is 0 Å². The van der Waals surface area contributed by atoms with E-state index in [4.69, 9.17) is 5.73 Å². The van der Waals surface area contributed by atoms with Crippen LogP contribution in [-0.2, 0) is 4.79 Å². The van der Waals surface area contributed by atoms with Crippen molar-refractivity contribution in [2.24, 2.45) is 0 Å². The Labute approximate surface area is 98.7 Å². The van der Waals surface area contributed by atoms with E-state index in [9.17, 15) is 9.18 Å². The molecule has 0 saturated heterocycles. The van der Waals surface area contributed by atoms with Crippen molar-refractivity contribution < 1.29 is 9.18 Å². The second-order valence-electron chi connectivity index (χ2n) is 3.44. The smallest absolute Gasteiger partial charge is 0.186 e. The molecule has 0 aliphatic carbocycles. The van der Waals surface area contributed by atoms with Crippen LogP contribution in [0.4, 0.5) is 10.1 Å². The Balaban J connectivity index is 2.73. The Bertz CT molecular complexity index is 429. The highest BCUT2D eigenvalue weighted by Crippen LogP contribution is 2.18. The Morgan fingerprint density at radius 1 is 1.56 bits per heavy atom. The average molecular weight is 239 g/mol. The van der Waals surface area contributed by atoms with Gasteiger partial charge in [-0.1, -0.05) is 23.9 Å². The molecule has 0 unspecified atom stereocenters. The first-order valence-electron chi connectivity index (χ1n) is 4.86. The molecule has 0 amide bonds. The van der Waals surface area contributed by atoms with Gasteiger partial charge in [0.1, 0.15) is 5.82 Å². The van der Waals surface area contributed by atoms with Crippen LogP contribution in [0.2, 0.25) is 0 Å². The standard InChI is InChI=1S/C12H14FNOS/c1-8-6-12(14)11(13)7-10(8)4-3-5-16-9(2)15/h3-4,6-7H,5,14H2,1-2H3. The summed E-state index contributed by atoms with van der Waals surface area (Å²) in [6.07, 6.45) is 3.64. The van der Waals surface area contributed by atoms with Gasteiger partial charge in [0, 0.05) is 12.7 Å². The monoisotopic (exact) mass is 239 g/mol. The molecule has 0 fully saturated rings. The van der Waals surface area contributed by atoms with Gasteiger partial charge in [0.15, 0.2) is 5.12 Å². The fourth-order valence-corrected chi connectivity index (χ4v) is 1.67. The first-order chi connectivity index (χ1) is 7.50. The zero-order valence-corrected chi connectivity index (χ0v) is 10.1. The molecule has 0 atom stereocenters. The number of carbonyl (C=O) groups is 1. The topological polar surface area (TPSA) is 43.1 Å². The van der Waals surface area contributed by atoms with Gasteiger partial charge in [-0.25, -0.2) is 4.39 Å². The van der Waals surface area contributed by atoms with Crippen LogP contribution in [0.15, 0.2) is 18.2 Å². The van der Waals surface area contributed by atoms with E-state index in [1.54, 1.807) is 12.1 Å². The lowest BCUT2D eigenvalue weighted by Crippen LogP contribution is -1.93. The molecule has 4 heteroatoms. The fourth-order valence-electron chi connectivity index (χ4n) is 1.24. The van der Waals surface area contributed by atoms with E-state index in [-0.39, 0.29) is 10.8 Å². The summed E-state index contributed by atoms with van der Waals surface area (Å²) in [6.45, 7) is 3.39. The highest BCUT2D eigenvalue weighted by atomic mass is 32.2. The Morgan fingerprint density at radius 3 is 2.88 bits per heavy atom. The number of thioether (sulfide) groups is 1. The summed E-state index contributed by atoms with van der Waals surface area (Å²) in [5, 5.41) is 0.0739. The maximum absolute atomic E-state index is 13.2. The van der Waals surface area contributed by atoms with Crippen LogP contribution in [0.1, 0.15) is 18.1 Å². The molecular weight excluding hydrogens is 225 g/mol. The first kappa shape index (κ1) is 12.8. The number of hydrogen-bond acceptors (Lipinski definition) is 3. The summed E-state index contributed by atoms with van der Waals surface area (Å²) >= 11 is 1.22.